The fraction of sp³-hybridized carbons (Fsp3) is 0.250. The first-order valence-corrected chi connectivity index (χ1v) is 9.50. The van der Waals surface area contributed by atoms with Gasteiger partial charge in [0, 0.05) is 34.4 Å². The normalized spacial score (nSPS) is 17.5. The molecule has 4 rings (SSSR count). The summed E-state index contributed by atoms with van der Waals surface area (Å²) in [6.07, 6.45) is 7.88. The first-order chi connectivity index (χ1) is 12.2. The van der Waals surface area contributed by atoms with E-state index in [2.05, 4.69) is 46.1 Å². The minimum absolute atomic E-state index is 0.439. The van der Waals surface area contributed by atoms with Crippen LogP contribution in [0.4, 0.5) is 5.69 Å². The van der Waals surface area contributed by atoms with E-state index < -0.39 is 0 Å². The van der Waals surface area contributed by atoms with E-state index in [1.807, 2.05) is 24.6 Å². The molecule has 128 valence electrons. The second-order valence-electron chi connectivity index (χ2n) is 6.43. The molecule has 1 aliphatic rings. The monoisotopic (exact) mass is 350 g/mol. The quantitative estimate of drug-likeness (QED) is 0.402. The van der Waals surface area contributed by atoms with Crippen molar-refractivity contribution in [3.8, 4) is 0 Å². The molecule has 1 aromatic carbocycles. The molecular weight excluding hydrogens is 328 g/mol. The van der Waals surface area contributed by atoms with Gasteiger partial charge in [-0.05, 0) is 55.5 Å². The predicted octanol–water partition coefficient (Wildman–Crippen LogP) is 4.82. The van der Waals surface area contributed by atoms with Crippen molar-refractivity contribution in [3.63, 3.8) is 0 Å². The Morgan fingerprint density at radius 1 is 1.32 bits per heavy atom. The highest BCUT2D eigenvalue weighted by Gasteiger charge is 2.16. The van der Waals surface area contributed by atoms with Crippen molar-refractivity contribution in [1.29, 1.82) is 5.41 Å². The molecule has 0 bridgehead atoms. The lowest BCUT2D eigenvalue weighted by molar-refractivity contribution is 0.523. The number of benzene rings is 1. The van der Waals surface area contributed by atoms with E-state index in [9.17, 15) is 0 Å². The number of aromatic amines is 1. The molecule has 0 fully saturated rings. The topological polar surface area (TPSA) is 63.7 Å². The van der Waals surface area contributed by atoms with Gasteiger partial charge in [0.25, 0.3) is 0 Å². The summed E-state index contributed by atoms with van der Waals surface area (Å²) in [5.74, 6) is 0.439. The zero-order chi connectivity index (χ0) is 17.2. The van der Waals surface area contributed by atoms with E-state index in [0.717, 1.165) is 28.9 Å². The lowest BCUT2D eigenvalue weighted by Gasteiger charge is -2.21. The number of H-pyrrole nitrogens is 1. The van der Waals surface area contributed by atoms with Gasteiger partial charge in [-0.15, -0.1) is 11.3 Å². The van der Waals surface area contributed by atoms with Crippen molar-refractivity contribution in [2.45, 2.75) is 25.3 Å². The van der Waals surface area contributed by atoms with Crippen molar-refractivity contribution in [1.82, 2.24) is 10.3 Å². The van der Waals surface area contributed by atoms with E-state index in [4.69, 9.17) is 5.41 Å². The Morgan fingerprint density at radius 2 is 2.24 bits per heavy atom. The third-order valence-corrected chi connectivity index (χ3v) is 5.77. The molecule has 0 saturated carbocycles. The van der Waals surface area contributed by atoms with Crippen LogP contribution in [0.1, 0.15) is 29.7 Å². The summed E-state index contributed by atoms with van der Waals surface area (Å²) >= 11 is 1.57. The predicted molar refractivity (Wildman–Crippen MR) is 108 cm³/mol. The van der Waals surface area contributed by atoms with Crippen LogP contribution in [0, 0.1) is 5.41 Å². The summed E-state index contributed by atoms with van der Waals surface area (Å²) in [6, 6.07) is 10.8. The van der Waals surface area contributed by atoms with Crippen molar-refractivity contribution in [3.05, 3.63) is 58.4 Å². The minimum atomic E-state index is 0.439. The Kier molecular flexibility index (Phi) is 4.42. The highest BCUT2D eigenvalue weighted by Crippen LogP contribution is 2.33. The van der Waals surface area contributed by atoms with Crippen molar-refractivity contribution in [2.24, 2.45) is 0 Å². The van der Waals surface area contributed by atoms with Gasteiger partial charge in [0.1, 0.15) is 5.84 Å². The number of anilines is 1. The van der Waals surface area contributed by atoms with Gasteiger partial charge in [-0.3, -0.25) is 5.41 Å². The van der Waals surface area contributed by atoms with E-state index in [1.165, 1.54) is 22.9 Å². The number of aromatic nitrogens is 1. The van der Waals surface area contributed by atoms with Crippen LogP contribution in [0.5, 0.6) is 0 Å². The summed E-state index contributed by atoms with van der Waals surface area (Å²) in [5, 5.41) is 18.0. The Morgan fingerprint density at radius 3 is 2.96 bits per heavy atom. The molecule has 5 heteroatoms. The Labute approximate surface area is 151 Å². The maximum Gasteiger partial charge on any atom is 0.140 e. The van der Waals surface area contributed by atoms with Crippen LogP contribution in [-0.2, 0) is 0 Å². The highest BCUT2D eigenvalue weighted by atomic mass is 32.1. The second kappa shape index (κ2) is 6.86. The smallest absolute Gasteiger partial charge is 0.140 e. The van der Waals surface area contributed by atoms with Crippen molar-refractivity contribution >= 4 is 39.3 Å². The van der Waals surface area contributed by atoms with Crippen molar-refractivity contribution < 1.29 is 0 Å². The van der Waals surface area contributed by atoms with Crippen molar-refractivity contribution in [2.75, 3.05) is 12.4 Å². The fourth-order valence-electron chi connectivity index (χ4n) is 3.44. The number of amidine groups is 1. The average molecular weight is 350 g/mol. The number of hydrogen-bond acceptors (Lipinski definition) is 3. The van der Waals surface area contributed by atoms with E-state index in [1.54, 1.807) is 11.3 Å². The standard InChI is InChI=1S/C20H22N4S/c1-22-14-6-4-13(5-7-14)17-12-23-18-11-15(8-9-16(17)18)24-20(21)19-3-2-10-25-19/h2-4,8-12,14,22-23H,5-7H2,1H3,(H2,21,24). The molecule has 4 N–H and O–H groups in total. The van der Waals surface area contributed by atoms with Crippen LogP contribution in [0.2, 0.25) is 0 Å². The molecule has 0 spiro atoms. The Hall–Kier alpha value is -2.37. The molecular formula is C20H22N4S. The fourth-order valence-corrected chi connectivity index (χ4v) is 4.07. The van der Waals surface area contributed by atoms with Crippen LogP contribution < -0.4 is 10.6 Å². The number of hydrogen-bond donors (Lipinski definition) is 4. The molecule has 1 aliphatic carbocycles. The summed E-state index contributed by atoms with van der Waals surface area (Å²) < 4.78 is 0. The highest BCUT2D eigenvalue weighted by molar-refractivity contribution is 7.12. The molecule has 4 nitrogen and oxygen atoms in total. The summed E-state index contributed by atoms with van der Waals surface area (Å²) in [5.41, 5.74) is 4.79. The molecule has 3 aromatic rings. The van der Waals surface area contributed by atoms with Crippen LogP contribution in [-0.4, -0.2) is 23.9 Å². The largest absolute Gasteiger partial charge is 0.360 e. The van der Waals surface area contributed by atoms with Gasteiger partial charge in [0.05, 0.1) is 4.88 Å². The second-order valence-corrected chi connectivity index (χ2v) is 7.38. The van der Waals surface area contributed by atoms with Gasteiger partial charge in [0.2, 0.25) is 0 Å². The van der Waals surface area contributed by atoms with Gasteiger partial charge in [0.15, 0.2) is 0 Å². The minimum Gasteiger partial charge on any atom is -0.360 e. The Bertz CT molecular complexity index is 920. The van der Waals surface area contributed by atoms with Gasteiger partial charge < -0.3 is 15.6 Å². The maximum atomic E-state index is 8.17. The maximum absolute atomic E-state index is 8.17. The lowest BCUT2D eigenvalue weighted by atomic mass is 9.90. The zero-order valence-electron chi connectivity index (χ0n) is 14.2. The third-order valence-electron chi connectivity index (χ3n) is 4.88. The molecule has 2 heterocycles. The molecule has 0 amide bonds. The number of thiophene rings is 1. The number of rotatable bonds is 4. The number of nitrogens with one attached hydrogen (secondary N) is 4. The van der Waals surface area contributed by atoms with E-state index in [-0.39, 0.29) is 0 Å². The lowest BCUT2D eigenvalue weighted by Crippen LogP contribution is -2.26. The molecule has 1 atom stereocenters. The average Bonchev–Trinajstić information content (AvgIpc) is 3.31. The molecule has 2 aromatic heterocycles. The van der Waals surface area contributed by atoms with Crippen LogP contribution >= 0.6 is 11.3 Å². The summed E-state index contributed by atoms with van der Waals surface area (Å²) in [7, 11) is 2.04. The van der Waals surface area contributed by atoms with Crippen LogP contribution in [0.15, 0.2) is 48.0 Å². The first-order valence-electron chi connectivity index (χ1n) is 8.62. The number of allylic oxidation sites excluding steroid dienone is 1. The van der Waals surface area contributed by atoms with Gasteiger partial charge in [-0.25, -0.2) is 0 Å². The molecule has 0 aliphatic heterocycles. The van der Waals surface area contributed by atoms with Gasteiger partial charge in [-0.2, -0.15) is 0 Å². The van der Waals surface area contributed by atoms with E-state index >= 15 is 0 Å². The zero-order valence-corrected chi connectivity index (χ0v) is 15.0. The van der Waals surface area contributed by atoms with E-state index in [0.29, 0.717) is 11.9 Å². The molecule has 25 heavy (non-hydrogen) atoms. The Balaban J connectivity index is 1.57. The summed E-state index contributed by atoms with van der Waals surface area (Å²) in [4.78, 5) is 4.34. The SMILES string of the molecule is CNC1CC=C(c2c[nH]c3cc(NC(=N)c4cccs4)ccc23)CC1. The van der Waals surface area contributed by atoms with Crippen LogP contribution in [0.25, 0.3) is 16.5 Å². The number of fused-ring (bicyclic) bond motifs is 1. The first kappa shape index (κ1) is 16.1. The summed E-state index contributed by atoms with van der Waals surface area (Å²) in [6.45, 7) is 0. The van der Waals surface area contributed by atoms with Gasteiger partial charge in [-0.1, -0.05) is 18.2 Å². The molecule has 0 radical (unpaired) electrons. The van der Waals surface area contributed by atoms with Crippen LogP contribution in [0.3, 0.4) is 0 Å². The third kappa shape index (κ3) is 3.25. The molecule has 0 saturated heterocycles. The van der Waals surface area contributed by atoms with Gasteiger partial charge >= 0.3 is 0 Å². The molecule has 1 unspecified atom stereocenters.